The van der Waals surface area contributed by atoms with Gasteiger partial charge in [0, 0.05) is 12.5 Å². The predicted octanol–water partition coefficient (Wildman–Crippen LogP) is 0.468. The smallest absolute Gasteiger partial charge is 0.330 e. The lowest BCUT2D eigenvalue weighted by Gasteiger charge is -2.14. The monoisotopic (exact) mass is 216 g/mol. The van der Waals surface area contributed by atoms with E-state index >= 15 is 0 Å². The third-order valence-electron chi connectivity index (χ3n) is 2.02. The van der Waals surface area contributed by atoms with Crippen LogP contribution in [0, 0.1) is 0 Å². The summed E-state index contributed by atoms with van der Waals surface area (Å²) in [4.78, 5) is 26.8. The first-order chi connectivity index (χ1) is 6.53. The van der Waals surface area contributed by atoms with Gasteiger partial charge < -0.3 is 5.73 Å². The zero-order valence-electron chi connectivity index (χ0n) is 7.74. The minimum Gasteiger partial charge on any atom is -0.330 e. The summed E-state index contributed by atoms with van der Waals surface area (Å²) in [5, 5.41) is 0. The fraction of sp³-hybridized carbons (Fsp3) is 0.333. The highest BCUT2D eigenvalue weighted by Crippen LogP contribution is 2.47. The summed E-state index contributed by atoms with van der Waals surface area (Å²) in [7, 11) is -3.73. The van der Waals surface area contributed by atoms with Crippen molar-refractivity contribution in [3.8, 4) is 0 Å². The Balaban J connectivity index is 2.73. The molecule has 14 heavy (non-hydrogen) atoms. The van der Waals surface area contributed by atoms with Crippen LogP contribution in [0.25, 0.3) is 0 Å². The third kappa shape index (κ3) is 3.70. The molecule has 1 aromatic carbocycles. The summed E-state index contributed by atoms with van der Waals surface area (Å²) in [5.41, 5.74) is 6.41. The maximum atomic E-state index is 8.95. The van der Waals surface area contributed by atoms with Crippen molar-refractivity contribution in [3.63, 3.8) is 0 Å². The van der Waals surface area contributed by atoms with E-state index in [2.05, 4.69) is 0 Å². The second kappa shape index (κ2) is 4.82. The fourth-order valence-corrected chi connectivity index (χ4v) is 2.29. The summed E-state index contributed by atoms with van der Waals surface area (Å²) in [6, 6.07) is 9.28. The minimum absolute atomic E-state index is 0.0759. The van der Waals surface area contributed by atoms with Gasteiger partial charge in [-0.25, -0.2) is 0 Å². The van der Waals surface area contributed by atoms with E-state index in [1.54, 1.807) is 0 Å². The van der Waals surface area contributed by atoms with E-state index in [0.717, 1.165) is 5.56 Å². The second-order valence-electron chi connectivity index (χ2n) is 3.22. The molecule has 1 aromatic rings. The molecular weight excluding hydrogens is 201 g/mol. The van der Waals surface area contributed by atoms with Crippen LogP contribution in [0.3, 0.4) is 0 Å². The van der Waals surface area contributed by atoms with Crippen molar-refractivity contribution in [2.24, 2.45) is 5.73 Å². The van der Waals surface area contributed by atoms with Gasteiger partial charge in [0.15, 0.2) is 0 Å². The Morgan fingerprint density at radius 2 is 1.71 bits per heavy atom. The van der Waals surface area contributed by atoms with Gasteiger partial charge in [-0.3, -0.25) is 0 Å². The van der Waals surface area contributed by atoms with Crippen LogP contribution in [0.1, 0.15) is 11.5 Å². The van der Waals surface area contributed by atoms with E-state index in [1.165, 1.54) is 0 Å². The van der Waals surface area contributed by atoms with Gasteiger partial charge in [-0.2, -0.15) is 14.7 Å². The van der Waals surface area contributed by atoms with Crippen LogP contribution in [0.4, 0.5) is 0 Å². The molecule has 5 N–H and O–H groups in total. The minimum atomic E-state index is -3.73. The van der Waals surface area contributed by atoms with Crippen LogP contribution >= 0.6 is 7.94 Å². The van der Waals surface area contributed by atoms with E-state index in [1.807, 2.05) is 30.3 Å². The van der Waals surface area contributed by atoms with Gasteiger partial charge in [-0.05, 0) is 5.56 Å². The molecule has 0 aliphatic carbocycles. The van der Waals surface area contributed by atoms with Crippen LogP contribution in [0.2, 0.25) is 0 Å². The maximum absolute atomic E-state index is 8.95. The SMILES string of the molecule is NCC(C[P+](O)(O)O)c1ccccc1. The summed E-state index contributed by atoms with van der Waals surface area (Å²) in [6.45, 7) is 0.285. The molecule has 78 valence electrons. The first kappa shape index (κ1) is 11.6. The number of hydrogen-bond acceptors (Lipinski definition) is 4. The molecule has 0 aliphatic rings. The number of rotatable bonds is 4. The lowest BCUT2D eigenvalue weighted by atomic mass is 10.0. The number of benzene rings is 1. The Bertz CT molecular complexity index is 273. The molecule has 4 nitrogen and oxygen atoms in total. The lowest BCUT2D eigenvalue weighted by Crippen LogP contribution is -2.18. The lowest BCUT2D eigenvalue weighted by molar-refractivity contribution is 0.326. The van der Waals surface area contributed by atoms with E-state index in [-0.39, 0.29) is 18.6 Å². The van der Waals surface area contributed by atoms with Crippen LogP contribution < -0.4 is 5.73 Å². The molecule has 0 fully saturated rings. The summed E-state index contributed by atoms with van der Waals surface area (Å²) in [5.74, 6) is -0.204. The van der Waals surface area contributed by atoms with Crippen LogP contribution in [0.15, 0.2) is 30.3 Å². The molecule has 0 bridgehead atoms. The van der Waals surface area contributed by atoms with Crippen LogP contribution in [0.5, 0.6) is 0 Å². The predicted molar refractivity (Wildman–Crippen MR) is 56.7 cm³/mol. The molecule has 0 radical (unpaired) electrons. The zero-order chi connectivity index (χ0) is 10.6. The van der Waals surface area contributed by atoms with Crippen molar-refractivity contribution >= 4 is 7.94 Å². The Hall–Kier alpha value is -0.510. The van der Waals surface area contributed by atoms with Gasteiger partial charge in [-0.1, -0.05) is 30.3 Å². The van der Waals surface area contributed by atoms with Crippen LogP contribution in [-0.4, -0.2) is 27.4 Å². The molecule has 1 atom stereocenters. The van der Waals surface area contributed by atoms with Crippen molar-refractivity contribution in [2.75, 3.05) is 12.7 Å². The zero-order valence-corrected chi connectivity index (χ0v) is 8.64. The standard InChI is InChI=1S/C9H15NO3P/c10-6-9(7-14(11,12)13)8-4-2-1-3-5-8/h1-5,9,11-13H,6-7,10H2/q+1. The maximum Gasteiger partial charge on any atom is 0.404 e. The van der Waals surface area contributed by atoms with Gasteiger partial charge in [0.1, 0.15) is 6.16 Å². The van der Waals surface area contributed by atoms with E-state index in [0.29, 0.717) is 0 Å². The van der Waals surface area contributed by atoms with Gasteiger partial charge in [0.25, 0.3) is 0 Å². The first-order valence-electron chi connectivity index (χ1n) is 4.34. The Morgan fingerprint density at radius 3 is 2.14 bits per heavy atom. The second-order valence-corrected chi connectivity index (χ2v) is 4.97. The molecule has 0 spiro atoms. The average molecular weight is 216 g/mol. The van der Waals surface area contributed by atoms with E-state index in [9.17, 15) is 0 Å². The van der Waals surface area contributed by atoms with Gasteiger partial charge >= 0.3 is 7.94 Å². The highest BCUT2D eigenvalue weighted by atomic mass is 31.2. The largest absolute Gasteiger partial charge is 0.404 e. The Morgan fingerprint density at radius 1 is 1.14 bits per heavy atom. The molecule has 1 rings (SSSR count). The van der Waals surface area contributed by atoms with E-state index in [4.69, 9.17) is 20.4 Å². The quantitative estimate of drug-likeness (QED) is 0.551. The highest BCUT2D eigenvalue weighted by molar-refractivity contribution is 7.58. The van der Waals surface area contributed by atoms with Gasteiger partial charge in [0.05, 0.1) is 0 Å². The Labute approximate surface area is 83.6 Å². The Kier molecular flexibility index (Phi) is 3.98. The van der Waals surface area contributed by atoms with Crippen LogP contribution in [-0.2, 0) is 0 Å². The molecule has 5 heteroatoms. The molecule has 1 unspecified atom stereocenters. The third-order valence-corrected chi connectivity index (χ3v) is 2.95. The van der Waals surface area contributed by atoms with Crippen molar-refractivity contribution in [1.82, 2.24) is 0 Å². The molecule has 0 aliphatic heterocycles. The van der Waals surface area contributed by atoms with Crippen molar-refractivity contribution < 1.29 is 14.7 Å². The summed E-state index contributed by atoms with van der Waals surface area (Å²) >= 11 is 0. The van der Waals surface area contributed by atoms with Crippen molar-refractivity contribution in [2.45, 2.75) is 5.92 Å². The molecule has 0 heterocycles. The number of hydrogen-bond donors (Lipinski definition) is 4. The van der Waals surface area contributed by atoms with Crippen molar-refractivity contribution in [1.29, 1.82) is 0 Å². The highest BCUT2D eigenvalue weighted by Gasteiger charge is 2.34. The average Bonchev–Trinajstić information content (AvgIpc) is 2.14. The molecular formula is C9H15NO3P+. The summed E-state index contributed by atoms with van der Waals surface area (Å²) < 4.78 is 0. The van der Waals surface area contributed by atoms with E-state index < -0.39 is 7.94 Å². The molecule has 0 saturated heterocycles. The topological polar surface area (TPSA) is 86.7 Å². The van der Waals surface area contributed by atoms with Gasteiger partial charge in [-0.15, -0.1) is 0 Å². The first-order valence-corrected chi connectivity index (χ1v) is 6.17. The molecule has 0 saturated carbocycles. The van der Waals surface area contributed by atoms with Gasteiger partial charge in [0.2, 0.25) is 0 Å². The normalized spacial score (nSPS) is 14.0. The van der Waals surface area contributed by atoms with Crippen molar-refractivity contribution in [3.05, 3.63) is 35.9 Å². The summed E-state index contributed by atoms with van der Waals surface area (Å²) in [6.07, 6.45) is -0.0759. The molecule has 0 amide bonds. The number of nitrogens with two attached hydrogens (primary N) is 1. The fourth-order valence-electron chi connectivity index (χ4n) is 1.34. The molecule has 0 aromatic heterocycles.